The Kier molecular flexibility index (Phi) is 20.8. The molecule has 200 valence electrons. The number of rotatable bonds is 24. The molecule has 4 atom stereocenters. The average molecular weight is 499 g/mol. The van der Waals surface area contributed by atoms with Crippen LogP contribution < -0.4 is 0 Å². The van der Waals surface area contributed by atoms with Crippen molar-refractivity contribution in [1.82, 2.24) is 0 Å². The number of methoxy groups -OCH3 is 1. The molecule has 0 amide bonds. The molecular weight excluding hydrogens is 448 g/mol. The quantitative estimate of drug-likeness (QED) is 0.143. The van der Waals surface area contributed by atoms with Crippen molar-refractivity contribution in [2.75, 3.05) is 53.0 Å². The van der Waals surface area contributed by atoms with E-state index < -0.39 is 28.4 Å². The van der Waals surface area contributed by atoms with Gasteiger partial charge >= 0.3 is 0 Å². The molecule has 0 aromatic heterocycles. The first-order valence-corrected chi connectivity index (χ1v) is 14.5. The van der Waals surface area contributed by atoms with Crippen LogP contribution in [-0.2, 0) is 38.0 Å². The summed E-state index contributed by atoms with van der Waals surface area (Å²) in [5.74, 6) is 0. The number of unbranched alkanes of at least 4 members (excludes halogenated alkanes) is 4. The molecule has 0 N–H and O–H groups in total. The zero-order chi connectivity index (χ0) is 25.0. The highest BCUT2D eigenvalue weighted by molar-refractivity contribution is 7.85. The van der Waals surface area contributed by atoms with E-state index >= 15 is 0 Å². The van der Waals surface area contributed by atoms with Crippen LogP contribution in [0.4, 0.5) is 0 Å². The minimum absolute atomic E-state index is 0.137. The van der Waals surface area contributed by atoms with Gasteiger partial charge in [0.15, 0.2) is 0 Å². The lowest BCUT2D eigenvalue weighted by molar-refractivity contribution is -0.191. The molecule has 0 unspecified atom stereocenters. The van der Waals surface area contributed by atoms with Crippen LogP contribution in [0.5, 0.6) is 0 Å². The molecular formula is C24H50O8S. The Hall–Kier alpha value is -0.290. The number of hydrogen-bond acceptors (Lipinski definition) is 8. The third-order valence-corrected chi connectivity index (χ3v) is 5.67. The second-order valence-electron chi connectivity index (χ2n) is 8.35. The molecule has 0 aliphatic rings. The molecule has 0 radical (unpaired) electrons. The fourth-order valence-electron chi connectivity index (χ4n) is 3.14. The van der Waals surface area contributed by atoms with E-state index in [-0.39, 0.29) is 12.7 Å². The first-order valence-electron chi connectivity index (χ1n) is 12.6. The fraction of sp³-hybridized carbons (Fsp3) is 1.00. The Morgan fingerprint density at radius 2 is 0.970 bits per heavy atom. The van der Waals surface area contributed by atoms with Crippen LogP contribution in [0.2, 0.25) is 0 Å². The molecule has 8 nitrogen and oxygen atoms in total. The highest BCUT2D eigenvalue weighted by atomic mass is 32.2. The summed E-state index contributed by atoms with van der Waals surface area (Å²) in [4.78, 5) is 0. The van der Waals surface area contributed by atoms with Crippen molar-refractivity contribution >= 4 is 10.1 Å². The van der Waals surface area contributed by atoms with Gasteiger partial charge in [0.2, 0.25) is 0 Å². The molecule has 0 saturated carbocycles. The molecule has 0 bridgehead atoms. The third kappa shape index (κ3) is 16.9. The van der Waals surface area contributed by atoms with E-state index in [1.54, 1.807) is 7.11 Å². The Morgan fingerprint density at radius 3 is 1.30 bits per heavy atom. The topological polar surface area (TPSA) is 89.5 Å². The van der Waals surface area contributed by atoms with Crippen LogP contribution in [0.3, 0.4) is 0 Å². The number of ether oxygens (including phenoxy) is 5. The molecule has 0 fully saturated rings. The molecule has 33 heavy (non-hydrogen) atoms. The monoisotopic (exact) mass is 498 g/mol. The molecule has 0 rings (SSSR count). The molecule has 0 saturated heterocycles. The Labute approximate surface area is 203 Å². The van der Waals surface area contributed by atoms with Gasteiger partial charge in [0, 0.05) is 33.5 Å². The minimum Gasteiger partial charge on any atom is -0.382 e. The first-order chi connectivity index (χ1) is 15.8. The second kappa shape index (κ2) is 21.0. The maximum atomic E-state index is 11.7. The highest BCUT2D eigenvalue weighted by Crippen LogP contribution is 2.21. The zero-order valence-electron chi connectivity index (χ0n) is 21.9. The van der Waals surface area contributed by atoms with Crippen LogP contribution in [0.25, 0.3) is 0 Å². The second-order valence-corrected chi connectivity index (χ2v) is 9.99. The summed E-state index contributed by atoms with van der Waals surface area (Å²) in [5, 5.41) is 0. The van der Waals surface area contributed by atoms with Gasteiger partial charge in [0.25, 0.3) is 10.1 Å². The van der Waals surface area contributed by atoms with Crippen molar-refractivity contribution in [3.8, 4) is 0 Å². The van der Waals surface area contributed by atoms with Crippen molar-refractivity contribution in [3.63, 3.8) is 0 Å². The molecule has 0 spiro atoms. The summed E-state index contributed by atoms with van der Waals surface area (Å²) in [6.07, 6.45) is 6.50. The van der Waals surface area contributed by atoms with Gasteiger partial charge in [-0.05, 0) is 25.7 Å². The van der Waals surface area contributed by atoms with E-state index in [1.165, 1.54) is 0 Å². The van der Waals surface area contributed by atoms with Gasteiger partial charge < -0.3 is 23.7 Å². The Morgan fingerprint density at radius 1 is 0.606 bits per heavy atom. The smallest absolute Gasteiger partial charge is 0.264 e. The van der Waals surface area contributed by atoms with Crippen molar-refractivity contribution in [3.05, 3.63) is 0 Å². The average Bonchev–Trinajstić information content (AvgIpc) is 2.77. The van der Waals surface area contributed by atoms with Gasteiger partial charge in [-0.25, -0.2) is 0 Å². The lowest BCUT2D eigenvalue weighted by Crippen LogP contribution is -2.52. The standard InChI is InChI=1S/C24H50O8S/c1-7-11-15-28-21(19-27-5)23(30-17-13-9-3)24(31-18-14-10-4)22(29-16-12-8-2)20-32-33(6,25)26/h21-24H,7-20H2,1-6H3/t21-,22-,23-,24-/m1/s1. The van der Waals surface area contributed by atoms with Crippen molar-refractivity contribution in [2.24, 2.45) is 0 Å². The van der Waals surface area contributed by atoms with Gasteiger partial charge in [-0.3, -0.25) is 4.18 Å². The van der Waals surface area contributed by atoms with E-state index in [0.29, 0.717) is 33.0 Å². The van der Waals surface area contributed by atoms with Crippen molar-refractivity contribution in [1.29, 1.82) is 0 Å². The van der Waals surface area contributed by atoms with E-state index in [4.69, 9.17) is 27.9 Å². The Bertz CT molecular complexity index is 529. The normalized spacial score (nSPS) is 15.9. The van der Waals surface area contributed by atoms with E-state index in [0.717, 1.165) is 57.6 Å². The summed E-state index contributed by atoms with van der Waals surface area (Å²) in [7, 11) is -2.00. The molecule has 0 aliphatic carbocycles. The summed E-state index contributed by atoms with van der Waals surface area (Å²) >= 11 is 0. The van der Waals surface area contributed by atoms with Gasteiger partial charge in [-0.15, -0.1) is 0 Å². The SMILES string of the molecule is CCCCO[C@@H]([C@H](OCCCC)[C@@H](COS(C)(=O)=O)OCCCC)[C@@H](COC)OCCCC. The highest BCUT2D eigenvalue weighted by Gasteiger charge is 2.38. The lowest BCUT2D eigenvalue weighted by Gasteiger charge is -2.37. The van der Waals surface area contributed by atoms with Crippen molar-refractivity contribution < 1.29 is 36.3 Å². The maximum absolute atomic E-state index is 11.7. The van der Waals surface area contributed by atoms with Crippen LogP contribution in [0.15, 0.2) is 0 Å². The van der Waals surface area contributed by atoms with Crippen LogP contribution in [0, 0.1) is 0 Å². The first kappa shape index (κ1) is 32.7. The number of hydrogen-bond donors (Lipinski definition) is 0. The molecule has 0 aromatic carbocycles. The van der Waals surface area contributed by atoms with Gasteiger partial charge in [-0.2, -0.15) is 8.42 Å². The Balaban J connectivity index is 5.92. The molecule has 0 heterocycles. The molecule has 0 aromatic rings. The summed E-state index contributed by atoms with van der Waals surface area (Å²) in [5.41, 5.74) is 0. The van der Waals surface area contributed by atoms with E-state index in [2.05, 4.69) is 27.7 Å². The van der Waals surface area contributed by atoms with Crippen LogP contribution in [-0.4, -0.2) is 85.8 Å². The van der Waals surface area contributed by atoms with Gasteiger partial charge in [0.05, 0.1) is 19.5 Å². The lowest BCUT2D eigenvalue weighted by atomic mass is 10.0. The van der Waals surface area contributed by atoms with Gasteiger partial charge in [-0.1, -0.05) is 53.4 Å². The molecule has 0 aliphatic heterocycles. The van der Waals surface area contributed by atoms with E-state index in [9.17, 15) is 8.42 Å². The fourth-order valence-corrected chi connectivity index (χ4v) is 3.52. The van der Waals surface area contributed by atoms with Crippen molar-refractivity contribution in [2.45, 2.75) is 103 Å². The predicted octanol–water partition coefficient (Wildman–Crippen LogP) is 4.35. The summed E-state index contributed by atoms with van der Waals surface area (Å²) in [6.45, 7) is 10.7. The van der Waals surface area contributed by atoms with E-state index in [1.807, 2.05) is 0 Å². The largest absolute Gasteiger partial charge is 0.382 e. The summed E-state index contributed by atoms with van der Waals surface area (Å²) in [6, 6.07) is 0. The minimum atomic E-state index is -3.64. The van der Waals surface area contributed by atoms with Crippen LogP contribution in [0.1, 0.15) is 79.1 Å². The zero-order valence-corrected chi connectivity index (χ0v) is 22.7. The molecule has 9 heteroatoms. The maximum Gasteiger partial charge on any atom is 0.264 e. The third-order valence-electron chi connectivity index (χ3n) is 5.11. The predicted molar refractivity (Wildman–Crippen MR) is 131 cm³/mol. The van der Waals surface area contributed by atoms with Crippen LogP contribution >= 0.6 is 0 Å². The summed E-state index contributed by atoms with van der Waals surface area (Å²) < 4.78 is 59.0. The van der Waals surface area contributed by atoms with Gasteiger partial charge in [0.1, 0.15) is 24.4 Å².